The number of nitrogens with zero attached hydrogens (tertiary/aromatic N) is 1. The minimum atomic E-state index is -3.65. The molecule has 0 bridgehead atoms. The van der Waals surface area contributed by atoms with Gasteiger partial charge in [-0.3, -0.25) is 4.79 Å². The summed E-state index contributed by atoms with van der Waals surface area (Å²) in [6.45, 7) is 2.06. The molecule has 0 spiro atoms. The minimum absolute atomic E-state index is 0.0457. The number of aromatic nitrogens is 1. The van der Waals surface area contributed by atoms with Crippen LogP contribution < -0.4 is 15.4 Å². The quantitative estimate of drug-likeness (QED) is 0.623. The van der Waals surface area contributed by atoms with Gasteiger partial charge in [-0.05, 0) is 6.07 Å². The lowest BCUT2D eigenvalue weighted by molar-refractivity contribution is 0.0784. The predicted molar refractivity (Wildman–Crippen MR) is 76.6 cm³/mol. The first-order chi connectivity index (χ1) is 9.94. The highest BCUT2D eigenvalue weighted by Crippen LogP contribution is 2.13. The van der Waals surface area contributed by atoms with E-state index in [1.54, 1.807) is 7.05 Å². The molecule has 1 aliphatic rings. The Morgan fingerprint density at radius 1 is 1.57 bits per heavy atom. The van der Waals surface area contributed by atoms with Gasteiger partial charge in [0.25, 0.3) is 5.91 Å². The van der Waals surface area contributed by atoms with Crippen LogP contribution >= 0.6 is 0 Å². The van der Waals surface area contributed by atoms with Gasteiger partial charge >= 0.3 is 0 Å². The van der Waals surface area contributed by atoms with Crippen molar-refractivity contribution in [2.24, 2.45) is 7.05 Å². The van der Waals surface area contributed by atoms with Crippen molar-refractivity contribution in [2.45, 2.75) is 10.9 Å². The summed E-state index contributed by atoms with van der Waals surface area (Å²) in [5.74, 6) is -0.332. The van der Waals surface area contributed by atoms with Crippen LogP contribution in [0, 0.1) is 0 Å². The molecule has 1 fully saturated rings. The molecule has 1 aromatic rings. The summed E-state index contributed by atoms with van der Waals surface area (Å²) >= 11 is 0. The maximum absolute atomic E-state index is 12.2. The maximum Gasteiger partial charge on any atom is 0.267 e. The second-order valence-electron chi connectivity index (χ2n) is 4.83. The molecule has 118 valence electrons. The average Bonchev–Trinajstić information content (AvgIpc) is 2.88. The molecule has 2 heterocycles. The second-order valence-corrected chi connectivity index (χ2v) is 6.60. The average molecular weight is 316 g/mol. The molecule has 1 atom stereocenters. The van der Waals surface area contributed by atoms with E-state index in [4.69, 9.17) is 4.74 Å². The van der Waals surface area contributed by atoms with Gasteiger partial charge < -0.3 is 19.9 Å². The third-order valence-electron chi connectivity index (χ3n) is 3.27. The normalized spacial score (nSPS) is 19.4. The van der Waals surface area contributed by atoms with Crippen LogP contribution in [0.5, 0.6) is 0 Å². The molecule has 1 amide bonds. The first-order valence-corrected chi connectivity index (χ1v) is 8.11. The first kappa shape index (κ1) is 16.0. The van der Waals surface area contributed by atoms with E-state index in [2.05, 4.69) is 15.4 Å². The number of nitrogens with one attached hydrogen (secondary N) is 3. The van der Waals surface area contributed by atoms with Crippen LogP contribution in [0.1, 0.15) is 10.5 Å². The highest BCUT2D eigenvalue weighted by atomic mass is 32.2. The fraction of sp³-hybridized carbons (Fsp3) is 0.583. The van der Waals surface area contributed by atoms with E-state index >= 15 is 0 Å². The fourth-order valence-electron chi connectivity index (χ4n) is 2.08. The van der Waals surface area contributed by atoms with Crippen molar-refractivity contribution < 1.29 is 17.9 Å². The SMILES string of the molecule is CNC(=O)c1cc(S(=O)(=O)NCC2COCCN2)cn1C. The van der Waals surface area contributed by atoms with Gasteiger partial charge in [0.2, 0.25) is 10.0 Å². The molecule has 8 nitrogen and oxygen atoms in total. The Hall–Kier alpha value is -1.42. The lowest BCUT2D eigenvalue weighted by atomic mass is 10.3. The van der Waals surface area contributed by atoms with Gasteiger partial charge in [-0.2, -0.15) is 0 Å². The number of hydrogen-bond donors (Lipinski definition) is 3. The second kappa shape index (κ2) is 6.56. The van der Waals surface area contributed by atoms with E-state index in [1.165, 1.54) is 23.9 Å². The third kappa shape index (κ3) is 3.82. The number of aryl methyl sites for hydroxylation is 1. The van der Waals surface area contributed by atoms with Crippen LogP contribution in [0.15, 0.2) is 17.2 Å². The van der Waals surface area contributed by atoms with E-state index < -0.39 is 10.0 Å². The summed E-state index contributed by atoms with van der Waals surface area (Å²) in [6, 6.07) is 1.31. The number of sulfonamides is 1. The van der Waals surface area contributed by atoms with Gasteiger partial charge in [-0.15, -0.1) is 0 Å². The zero-order valence-corrected chi connectivity index (χ0v) is 12.9. The highest BCUT2D eigenvalue weighted by Gasteiger charge is 2.22. The molecule has 1 aliphatic heterocycles. The van der Waals surface area contributed by atoms with Crippen LogP contribution in [-0.2, 0) is 21.8 Å². The van der Waals surface area contributed by atoms with Gasteiger partial charge in [0.15, 0.2) is 0 Å². The van der Waals surface area contributed by atoms with Gasteiger partial charge in [0.05, 0.1) is 13.2 Å². The molecule has 3 N–H and O–H groups in total. The molecular weight excluding hydrogens is 296 g/mol. The summed E-state index contributed by atoms with van der Waals surface area (Å²) in [5.41, 5.74) is 0.289. The van der Waals surface area contributed by atoms with Crippen LogP contribution in [0.4, 0.5) is 0 Å². The van der Waals surface area contributed by atoms with Crippen molar-refractivity contribution in [3.05, 3.63) is 18.0 Å². The minimum Gasteiger partial charge on any atom is -0.378 e. The van der Waals surface area contributed by atoms with Crippen molar-refractivity contribution in [1.29, 1.82) is 0 Å². The van der Waals surface area contributed by atoms with Gasteiger partial charge in [-0.1, -0.05) is 0 Å². The number of amides is 1. The summed E-state index contributed by atoms with van der Waals surface area (Å²) < 4.78 is 33.7. The zero-order chi connectivity index (χ0) is 15.5. The first-order valence-electron chi connectivity index (χ1n) is 6.63. The molecule has 0 radical (unpaired) electrons. The zero-order valence-electron chi connectivity index (χ0n) is 12.0. The Balaban J connectivity index is 2.06. The Morgan fingerprint density at radius 2 is 2.33 bits per heavy atom. The Bertz CT molecular complexity index is 605. The fourth-order valence-corrected chi connectivity index (χ4v) is 3.23. The summed E-state index contributed by atoms with van der Waals surface area (Å²) in [6.07, 6.45) is 1.41. The van der Waals surface area contributed by atoms with Gasteiger partial charge in [0, 0.05) is 39.4 Å². The predicted octanol–water partition coefficient (Wildman–Crippen LogP) is -1.35. The number of hydrogen-bond acceptors (Lipinski definition) is 5. The molecule has 1 aromatic heterocycles. The molecule has 0 aromatic carbocycles. The summed E-state index contributed by atoms with van der Waals surface area (Å²) in [5, 5.41) is 5.63. The van der Waals surface area contributed by atoms with Crippen LogP contribution in [0.25, 0.3) is 0 Å². The van der Waals surface area contributed by atoms with Gasteiger partial charge in [0.1, 0.15) is 10.6 Å². The van der Waals surface area contributed by atoms with Crippen molar-refractivity contribution in [2.75, 3.05) is 33.4 Å². The van der Waals surface area contributed by atoms with Gasteiger partial charge in [-0.25, -0.2) is 13.1 Å². The molecule has 1 unspecified atom stereocenters. The smallest absolute Gasteiger partial charge is 0.267 e. The maximum atomic E-state index is 12.2. The number of rotatable bonds is 5. The molecular formula is C12H20N4O4S. The van der Waals surface area contributed by atoms with Crippen LogP contribution in [0.3, 0.4) is 0 Å². The summed E-state index contributed by atoms with van der Waals surface area (Å²) in [7, 11) is -0.528. The molecule has 2 rings (SSSR count). The number of carbonyl (C=O) groups is 1. The Morgan fingerprint density at radius 3 is 2.95 bits per heavy atom. The molecule has 9 heteroatoms. The van der Waals surface area contributed by atoms with E-state index in [0.29, 0.717) is 19.8 Å². The van der Waals surface area contributed by atoms with Crippen molar-refractivity contribution in [3.63, 3.8) is 0 Å². The van der Waals surface area contributed by atoms with Crippen LogP contribution in [0.2, 0.25) is 0 Å². The third-order valence-corrected chi connectivity index (χ3v) is 4.66. The molecule has 0 aliphatic carbocycles. The van der Waals surface area contributed by atoms with Crippen molar-refractivity contribution >= 4 is 15.9 Å². The Labute approximate surface area is 123 Å². The monoisotopic (exact) mass is 316 g/mol. The lowest BCUT2D eigenvalue weighted by Gasteiger charge is -2.23. The van der Waals surface area contributed by atoms with E-state index in [0.717, 1.165) is 0 Å². The number of ether oxygens (including phenoxy) is 1. The largest absolute Gasteiger partial charge is 0.378 e. The lowest BCUT2D eigenvalue weighted by Crippen LogP contribution is -2.48. The molecule has 21 heavy (non-hydrogen) atoms. The van der Waals surface area contributed by atoms with Crippen LogP contribution in [-0.4, -0.2) is 58.3 Å². The standard InChI is InChI=1S/C12H20N4O4S/c1-13-12(17)11-5-10(7-16(11)2)21(18,19)15-6-9-8-20-4-3-14-9/h5,7,9,14-15H,3-4,6,8H2,1-2H3,(H,13,17). The van der Waals surface area contributed by atoms with Crippen molar-refractivity contribution in [3.8, 4) is 0 Å². The number of carbonyl (C=O) groups excluding carboxylic acids is 1. The van der Waals surface area contributed by atoms with E-state index in [1.807, 2.05) is 0 Å². The Kier molecular flexibility index (Phi) is 4.99. The topological polar surface area (TPSA) is 101 Å². The summed E-state index contributed by atoms with van der Waals surface area (Å²) in [4.78, 5) is 11.7. The number of morpholine rings is 1. The van der Waals surface area contributed by atoms with Crippen molar-refractivity contribution in [1.82, 2.24) is 19.9 Å². The molecule has 0 saturated carbocycles. The van der Waals surface area contributed by atoms with E-state index in [-0.39, 0.29) is 29.1 Å². The highest BCUT2D eigenvalue weighted by molar-refractivity contribution is 7.89. The molecule has 1 saturated heterocycles. The van der Waals surface area contributed by atoms with E-state index in [9.17, 15) is 13.2 Å².